The van der Waals surface area contributed by atoms with E-state index in [9.17, 15) is 14.4 Å². The van der Waals surface area contributed by atoms with Crippen LogP contribution in [0.5, 0.6) is 0 Å². The predicted octanol–water partition coefficient (Wildman–Crippen LogP) is 0.116. The van der Waals surface area contributed by atoms with Crippen molar-refractivity contribution in [3.63, 3.8) is 0 Å². The molecule has 0 saturated heterocycles. The van der Waals surface area contributed by atoms with Crippen molar-refractivity contribution in [2.75, 3.05) is 6.54 Å². The maximum Gasteiger partial charge on any atom is 0.328 e. The molecule has 0 aliphatic carbocycles. The van der Waals surface area contributed by atoms with Crippen molar-refractivity contribution in [2.45, 2.75) is 33.4 Å². The number of aromatic nitrogens is 5. The fourth-order valence-electron chi connectivity index (χ4n) is 3.18. The molecule has 140 valence electrons. The third kappa shape index (κ3) is 3.09. The highest BCUT2D eigenvalue weighted by atomic mass is 16.5. The van der Waals surface area contributed by atoms with Gasteiger partial charge in [-0.05, 0) is 13.8 Å². The summed E-state index contributed by atoms with van der Waals surface area (Å²) < 4.78 is 6.33. The number of amides is 1. The van der Waals surface area contributed by atoms with Crippen LogP contribution in [0.25, 0.3) is 11.4 Å². The van der Waals surface area contributed by atoms with Gasteiger partial charge in [0.2, 0.25) is 5.91 Å². The van der Waals surface area contributed by atoms with Gasteiger partial charge in [-0.1, -0.05) is 5.16 Å². The summed E-state index contributed by atoms with van der Waals surface area (Å²) in [5, 5.41) is 11.3. The second-order valence-electron chi connectivity index (χ2n) is 6.62. The molecule has 3 aromatic heterocycles. The van der Waals surface area contributed by atoms with E-state index in [-0.39, 0.29) is 12.5 Å². The smallest absolute Gasteiger partial charge is 0.328 e. The van der Waals surface area contributed by atoms with E-state index < -0.39 is 11.2 Å². The first-order valence-electron chi connectivity index (χ1n) is 8.50. The molecule has 0 fully saturated rings. The summed E-state index contributed by atoms with van der Waals surface area (Å²) in [7, 11) is 0. The Morgan fingerprint density at radius 3 is 2.89 bits per heavy atom. The van der Waals surface area contributed by atoms with Gasteiger partial charge < -0.3 is 9.42 Å². The van der Waals surface area contributed by atoms with Gasteiger partial charge in [-0.3, -0.25) is 24.2 Å². The topological polar surface area (TPSA) is 130 Å². The van der Waals surface area contributed by atoms with Gasteiger partial charge in [0.05, 0.1) is 0 Å². The fourth-order valence-corrected chi connectivity index (χ4v) is 3.18. The second-order valence-corrected chi connectivity index (χ2v) is 6.62. The molecular weight excluding hydrogens is 352 g/mol. The van der Waals surface area contributed by atoms with Crippen LogP contribution < -0.4 is 11.2 Å². The third-order valence-corrected chi connectivity index (χ3v) is 4.65. The van der Waals surface area contributed by atoms with Crippen LogP contribution in [0, 0.1) is 13.8 Å². The molecule has 0 radical (unpaired) electrons. The monoisotopic (exact) mass is 370 g/mol. The van der Waals surface area contributed by atoms with Crippen LogP contribution in [-0.4, -0.2) is 42.3 Å². The second kappa shape index (κ2) is 6.38. The Labute approximate surface area is 152 Å². The summed E-state index contributed by atoms with van der Waals surface area (Å²) in [5.74, 6) is 0.469. The summed E-state index contributed by atoms with van der Waals surface area (Å²) in [6, 6.07) is 1.79. The molecule has 1 aliphatic rings. The van der Waals surface area contributed by atoms with Gasteiger partial charge in [0, 0.05) is 48.6 Å². The number of carbonyl (C=O) groups is 1. The molecule has 10 nitrogen and oxygen atoms in total. The predicted molar refractivity (Wildman–Crippen MR) is 94.0 cm³/mol. The number of H-pyrrole nitrogens is 2. The molecule has 3 aromatic rings. The molecule has 4 rings (SSSR count). The number of nitrogens with one attached hydrogen (secondary N) is 2. The van der Waals surface area contributed by atoms with E-state index >= 15 is 0 Å². The molecular formula is C17H18N6O4. The zero-order chi connectivity index (χ0) is 19.1. The van der Waals surface area contributed by atoms with E-state index in [4.69, 9.17) is 4.52 Å². The first kappa shape index (κ1) is 17.0. The van der Waals surface area contributed by atoms with Crippen molar-refractivity contribution < 1.29 is 9.32 Å². The highest BCUT2D eigenvalue weighted by Gasteiger charge is 2.27. The van der Waals surface area contributed by atoms with Crippen molar-refractivity contribution in [3.05, 3.63) is 55.7 Å². The number of hydrogen-bond donors (Lipinski definition) is 2. The minimum Gasteiger partial charge on any atom is -0.361 e. The number of nitrogens with zero attached hydrogens (tertiary/aromatic N) is 4. The van der Waals surface area contributed by atoms with Gasteiger partial charge in [-0.2, -0.15) is 5.10 Å². The summed E-state index contributed by atoms with van der Waals surface area (Å²) >= 11 is 0. The number of aromatic amines is 2. The molecule has 4 heterocycles. The van der Waals surface area contributed by atoms with Crippen LogP contribution in [0.1, 0.15) is 22.6 Å². The van der Waals surface area contributed by atoms with Crippen LogP contribution >= 0.6 is 0 Å². The van der Waals surface area contributed by atoms with Crippen LogP contribution in [0.15, 0.2) is 26.4 Å². The summed E-state index contributed by atoms with van der Waals surface area (Å²) in [6.45, 7) is 4.13. The molecule has 0 spiro atoms. The Kier molecular flexibility index (Phi) is 4.02. The van der Waals surface area contributed by atoms with Gasteiger partial charge >= 0.3 is 5.69 Å². The lowest BCUT2D eigenvalue weighted by Crippen LogP contribution is -2.41. The van der Waals surface area contributed by atoms with E-state index in [1.165, 1.54) is 10.8 Å². The Balaban J connectivity index is 1.57. The normalized spacial score (nSPS) is 13.6. The van der Waals surface area contributed by atoms with E-state index in [1.54, 1.807) is 24.8 Å². The summed E-state index contributed by atoms with van der Waals surface area (Å²) in [5.41, 5.74) is 2.47. The Hall–Kier alpha value is -3.43. The van der Waals surface area contributed by atoms with Crippen molar-refractivity contribution in [1.29, 1.82) is 0 Å². The molecule has 1 aliphatic heterocycles. The SMILES string of the molecule is Cc1cc(-c2n[nH]c3c2CN(C(=O)Cn2cc(C)c(=O)[nH]c2=O)CC3)no1. The molecule has 0 unspecified atom stereocenters. The molecule has 0 saturated carbocycles. The standard InChI is InChI=1S/C17H18N6O4/c1-9-6-23(17(26)18-16(9)25)8-14(24)22-4-3-12-11(7-22)15(20-19-12)13-5-10(2)27-21-13/h5-6H,3-4,7-8H2,1-2H3,(H,19,20)(H,18,25,26). The van der Waals surface area contributed by atoms with Gasteiger partial charge in [0.25, 0.3) is 5.56 Å². The van der Waals surface area contributed by atoms with Crippen molar-refractivity contribution >= 4 is 5.91 Å². The quantitative estimate of drug-likeness (QED) is 0.673. The lowest BCUT2D eigenvalue weighted by atomic mass is 10.0. The number of hydrogen-bond acceptors (Lipinski definition) is 6. The largest absolute Gasteiger partial charge is 0.361 e. The Bertz CT molecular complexity index is 1130. The molecule has 0 atom stereocenters. The minimum atomic E-state index is -0.598. The Morgan fingerprint density at radius 2 is 2.15 bits per heavy atom. The first-order chi connectivity index (χ1) is 12.9. The van der Waals surface area contributed by atoms with E-state index in [0.29, 0.717) is 42.2 Å². The van der Waals surface area contributed by atoms with Gasteiger partial charge in [0.1, 0.15) is 23.7 Å². The number of aryl methyl sites for hydroxylation is 2. The fraction of sp³-hybridized carbons (Fsp3) is 0.353. The number of rotatable bonds is 3. The lowest BCUT2D eigenvalue weighted by molar-refractivity contribution is -0.132. The van der Waals surface area contributed by atoms with E-state index in [0.717, 1.165) is 11.3 Å². The van der Waals surface area contributed by atoms with E-state index in [2.05, 4.69) is 20.3 Å². The zero-order valence-electron chi connectivity index (χ0n) is 14.9. The Morgan fingerprint density at radius 1 is 1.33 bits per heavy atom. The van der Waals surface area contributed by atoms with Gasteiger partial charge in [-0.15, -0.1) is 0 Å². The van der Waals surface area contributed by atoms with Crippen molar-refractivity contribution in [1.82, 2.24) is 29.8 Å². The highest BCUT2D eigenvalue weighted by molar-refractivity contribution is 5.77. The number of carbonyl (C=O) groups excluding carboxylic acids is 1. The molecule has 27 heavy (non-hydrogen) atoms. The van der Waals surface area contributed by atoms with Crippen LogP contribution in [0.4, 0.5) is 0 Å². The van der Waals surface area contributed by atoms with Crippen LogP contribution in [0.2, 0.25) is 0 Å². The maximum absolute atomic E-state index is 12.7. The molecule has 2 N–H and O–H groups in total. The van der Waals surface area contributed by atoms with Crippen molar-refractivity contribution in [3.8, 4) is 11.4 Å². The highest BCUT2D eigenvalue weighted by Crippen LogP contribution is 2.28. The van der Waals surface area contributed by atoms with Crippen LogP contribution in [-0.2, 0) is 24.3 Å². The van der Waals surface area contributed by atoms with Crippen molar-refractivity contribution in [2.24, 2.45) is 0 Å². The molecule has 0 bridgehead atoms. The molecule has 1 amide bonds. The zero-order valence-corrected chi connectivity index (χ0v) is 14.9. The van der Waals surface area contributed by atoms with Gasteiger partial charge in [0.15, 0.2) is 0 Å². The van der Waals surface area contributed by atoms with Gasteiger partial charge in [-0.25, -0.2) is 4.79 Å². The summed E-state index contributed by atoms with van der Waals surface area (Å²) in [4.78, 5) is 40.0. The third-order valence-electron chi connectivity index (χ3n) is 4.65. The molecule has 0 aromatic carbocycles. The first-order valence-corrected chi connectivity index (χ1v) is 8.50. The lowest BCUT2D eigenvalue weighted by Gasteiger charge is -2.27. The molecule has 10 heteroatoms. The summed E-state index contributed by atoms with van der Waals surface area (Å²) in [6.07, 6.45) is 2.03. The number of fused-ring (bicyclic) bond motifs is 1. The van der Waals surface area contributed by atoms with Crippen LogP contribution in [0.3, 0.4) is 0 Å². The average molecular weight is 370 g/mol. The maximum atomic E-state index is 12.7. The van der Waals surface area contributed by atoms with E-state index in [1.807, 2.05) is 0 Å². The average Bonchev–Trinajstić information content (AvgIpc) is 3.24. The minimum absolute atomic E-state index is 0.137.